The molecule has 9 heteroatoms. The molecule has 136 valence electrons. The third kappa shape index (κ3) is 2.97. The molecule has 4 rings (SSSR count). The Kier molecular flexibility index (Phi) is 4.01. The topological polar surface area (TPSA) is 62.2 Å². The molecule has 0 aromatic carbocycles. The van der Waals surface area contributed by atoms with Crippen LogP contribution in [0, 0.1) is 0 Å². The van der Waals surface area contributed by atoms with Gasteiger partial charge in [0.2, 0.25) is 5.91 Å². The average molecular weight is 363 g/mol. The van der Waals surface area contributed by atoms with Crippen LogP contribution in [0.25, 0.3) is 0 Å². The minimum absolute atomic E-state index is 0.00125. The minimum atomic E-state index is -4.52. The standard InChI is InChI=1S/C17H16F3N5O/c18-17(19,20)14-7-15(23-10-22-14)24-5-3-12-13(24)6-16(26)25(12)9-11-2-1-4-21-8-11/h1-2,4,7-8,10,12-13H,3,5-6,9H2/t12-,13-/m0/s1. The Bertz CT molecular complexity index is 814. The quantitative estimate of drug-likeness (QED) is 0.837. The van der Waals surface area contributed by atoms with E-state index >= 15 is 0 Å². The van der Waals surface area contributed by atoms with Gasteiger partial charge in [-0.05, 0) is 18.1 Å². The van der Waals surface area contributed by atoms with Crippen molar-refractivity contribution >= 4 is 11.7 Å². The Labute approximate surface area is 147 Å². The molecule has 0 radical (unpaired) electrons. The van der Waals surface area contributed by atoms with Crippen molar-refractivity contribution in [3.8, 4) is 0 Å². The molecule has 4 heterocycles. The van der Waals surface area contributed by atoms with E-state index in [1.165, 1.54) is 0 Å². The van der Waals surface area contributed by atoms with Gasteiger partial charge < -0.3 is 9.80 Å². The number of carbonyl (C=O) groups is 1. The van der Waals surface area contributed by atoms with Gasteiger partial charge in [0.25, 0.3) is 0 Å². The molecule has 2 aliphatic heterocycles. The van der Waals surface area contributed by atoms with Gasteiger partial charge in [0.15, 0.2) is 0 Å². The van der Waals surface area contributed by atoms with E-state index < -0.39 is 11.9 Å². The van der Waals surface area contributed by atoms with Crippen LogP contribution in [-0.4, -0.2) is 44.4 Å². The van der Waals surface area contributed by atoms with Gasteiger partial charge in [-0.15, -0.1) is 0 Å². The molecule has 0 bridgehead atoms. The first-order valence-electron chi connectivity index (χ1n) is 8.28. The molecule has 2 aromatic heterocycles. The number of nitrogens with zero attached hydrogens (tertiary/aromatic N) is 5. The monoisotopic (exact) mass is 363 g/mol. The first-order chi connectivity index (χ1) is 12.4. The summed E-state index contributed by atoms with van der Waals surface area (Å²) in [6.45, 7) is 1.01. The SMILES string of the molecule is O=C1C[C@H]2[C@H](CCN2c2cc(C(F)(F)F)ncn2)N1Cc1cccnc1. The van der Waals surface area contributed by atoms with Crippen LogP contribution in [0.15, 0.2) is 36.9 Å². The Morgan fingerprint density at radius 2 is 2.08 bits per heavy atom. The molecule has 1 amide bonds. The highest BCUT2D eigenvalue weighted by atomic mass is 19.4. The predicted octanol–water partition coefficient (Wildman–Crippen LogP) is 2.27. The largest absolute Gasteiger partial charge is 0.433 e. The number of amides is 1. The molecule has 0 unspecified atom stereocenters. The minimum Gasteiger partial charge on any atom is -0.351 e. The van der Waals surface area contributed by atoms with Gasteiger partial charge >= 0.3 is 6.18 Å². The molecule has 0 N–H and O–H groups in total. The second-order valence-electron chi connectivity index (χ2n) is 6.46. The maximum absolute atomic E-state index is 12.9. The lowest BCUT2D eigenvalue weighted by molar-refractivity contribution is -0.141. The average Bonchev–Trinajstić information content (AvgIpc) is 3.15. The summed E-state index contributed by atoms with van der Waals surface area (Å²) < 4.78 is 38.7. The number of halogens is 3. The van der Waals surface area contributed by atoms with E-state index in [0.29, 0.717) is 19.5 Å². The van der Waals surface area contributed by atoms with Crippen LogP contribution >= 0.6 is 0 Å². The van der Waals surface area contributed by atoms with E-state index in [1.807, 2.05) is 12.1 Å². The first kappa shape index (κ1) is 16.7. The maximum Gasteiger partial charge on any atom is 0.433 e. The Hall–Kier alpha value is -2.71. The predicted molar refractivity (Wildman–Crippen MR) is 86.0 cm³/mol. The maximum atomic E-state index is 12.9. The van der Waals surface area contributed by atoms with Crippen molar-refractivity contribution in [3.05, 3.63) is 48.2 Å². The third-order valence-electron chi connectivity index (χ3n) is 4.93. The molecular formula is C17H16F3N5O. The van der Waals surface area contributed by atoms with Crippen molar-refractivity contribution < 1.29 is 18.0 Å². The molecular weight excluding hydrogens is 347 g/mol. The van der Waals surface area contributed by atoms with E-state index in [9.17, 15) is 18.0 Å². The highest BCUT2D eigenvalue weighted by Gasteiger charge is 2.47. The molecule has 2 aromatic rings. The van der Waals surface area contributed by atoms with Gasteiger partial charge in [-0.1, -0.05) is 6.07 Å². The summed E-state index contributed by atoms with van der Waals surface area (Å²) in [6, 6.07) is 4.47. The number of aromatic nitrogens is 3. The molecule has 0 spiro atoms. The van der Waals surface area contributed by atoms with Gasteiger partial charge in [-0.2, -0.15) is 13.2 Å². The number of hydrogen-bond donors (Lipinski definition) is 0. The smallest absolute Gasteiger partial charge is 0.351 e. The van der Waals surface area contributed by atoms with Crippen molar-refractivity contribution in [2.75, 3.05) is 11.4 Å². The van der Waals surface area contributed by atoms with E-state index in [2.05, 4.69) is 15.0 Å². The Morgan fingerprint density at radius 3 is 2.81 bits per heavy atom. The van der Waals surface area contributed by atoms with Crippen LogP contribution in [0.5, 0.6) is 0 Å². The number of likely N-dealkylation sites (tertiary alicyclic amines) is 1. The number of carbonyl (C=O) groups excluding carboxylic acids is 1. The molecule has 26 heavy (non-hydrogen) atoms. The van der Waals surface area contributed by atoms with Crippen LogP contribution in [0.1, 0.15) is 24.1 Å². The van der Waals surface area contributed by atoms with Crippen molar-refractivity contribution in [1.82, 2.24) is 19.9 Å². The van der Waals surface area contributed by atoms with E-state index in [4.69, 9.17) is 0 Å². The molecule has 0 saturated carbocycles. The summed E-state index contributed by atoms with van der Waals surface area (Å²) in [7, 11) is 0. The summed E-state index contributed by atoms with van der Waals surface area (Å²) in [6.07, 6.45) is 0.763. The number of anilines is 1. The van der Waals surface area contributed by atoms with Crippen molar-refractivity contribution in [2.24, 2.45) is 0 Å². The lowest BCUT2D eigenvalue weighted by Gasteiger charge is -2.26. The van der Waals surface area contributed by atoms with Gasteiger partial charge in [-0.3, -0.25) is 9.78 Å². The number of rotatable bonds is 3. The molecule has 0 aliphatic carbocycles. The second-order valence-corrected chi connectivity index (χ2v) is 6.46. The van der Waals surface area contributed by atoms with Gasteiger partial charge in [0.05, 0.1) is 12.1 Å². The van der Waals surface area contributed by atoms with E-state index in [-0.39, 0.29) is 30.2 Å². The van der Waals surface area contributed by atoms with Crippen LogP contribution in [0.4, 0.5) is 19.0 Å². The molecule has 2 fully saturated rings. The van der Waals surface area contributed by atoms with Crippen LogP contribution in [0.3, 0.4) is 0 Å². The zero-order chi connectivity index (χ0) is 18.3. The highest BCUT2D eigenvalue weighted by molar-refractivity contribution is 5.81. The highest BCUT2D eigenvalue weighted by Crippen LogP contribution is 2.37. The normalized spacial score (nSPS) is 22.8. The number of hydrogen-bond acceptors (Lipinski definition) is 5. The summed E-state index contributed by atoms with van der Waals surface area (Å²) >= 11 is 0. The molecule has 6 nitrogen and oxygen atoms in total. The summed E-state index contributed by atoms with van der Waals surface area (Å²) in [4.78, 5) is 27.4. The zero-order valence-electron chi connectivity index (χ0n) is 13.7. The third-order valence-corrected chi connectivity index (χ3v) is 4.93. The second kappa shape index (κ2) is 6.22. The summed E-state index contributed by atoms with van der Waals surface area (Å²) in [5, 5.41) is 0. The Morgan fingerprint density at radius 1 is 1.23 bits per heavy atom. The van der Waals surface area contributed by atoms with Crippen LogP contribution in [-0.2, 0) is 17.5 Å². The van der Waals surface area contributed by atoms with E-state index in [0.717, 1.165) is 18.0 Å². The summed E-state index contributed by atoms with van der Waals surface area (Å²) in [5.41, 5.74) is -0.0381. The molecule has 2 atom stereocenters. The fourth-order valence-corrected chi connectivity index (χ4v) is 3.77. The fraction of sp³-hybridized carbons (Fsp3) is 0.412. The van der Waals surface area contributed by atoms with Crippen LogP contribution < -0.4 is 4.90 Å². The van der Waals surface area contributed by atoms with Crippen LogP contribution in [0.2, 0.25) is 0 Å². The number of fused-ring (bicyclic) bond motifs is 1. The van der Waals surface area contributed by atoms with Crippen molar-refractivity contribution in [1.29, 1.82) is 0 Å². The fourth-order valence-electron chi connectivity index (χ4n) is 3.77. The van der Waals surface area contributed by atoms with Gasteiger partial charge in [-0.25, -0.2) is 9.97 Å². The van der Waals surface area contributed by atoms with E-state index in [1.54, 1.807) is 22.2 Å². The van der Waals surface area contributed by atoms with Gasteiger partial charge in [0, 0.05) is 38.0 Å². The molecule has 2 aliphatic rings. The summed E-state index contributed by atoms with van der Waals surface area (Å²) in [5.74, 6) is 0.217. The number of pyridine rings is 1. The lowest BCUT2D eigenvalue weighted by atomic mass is 10.1. The first-order valence-corrected chi connectivity index (χ1v) is 8.28. The van der Waals surface area contributed by atoms with Crippen molar-refractivity contribution in [3.63, 3.8) is 0 Å². The number of alkyl halides is 3. The molecule has 2 saturated heterocycles. The zero-order valence-corrected chi connectivity index (χ0v) is 13.7. The lowest BCUT2D eigenvalue weighted by Crippen LogP contribution is -2.37. The Balaban J connectivity index is 1.55. The van der Waals surface area contributed by atoms with Crippen molar-refractivity contribution in [2.45, 2.75) is 37.6 Å². The van der Waals surface area contributed by atoms with Gasteiger partial charge in [0.1, 0.15) is 17.8 Å².